The second-order valence-electron chi connectivity index (χ2n) is 4.37. The van der Waals surface area contributed by atoms with Crippen LogP contribution < -0.4 is 15.2 Å². The van der Waals surface area contributed by atoms with E-state index in [9.17, 15) is 13.2 Å². The van der Waals surface area contributed by atoms with E-state index in [1.807, 2.05) is 6.92 Å². The van der Waals surface area contributed by atoms with Crippen LogP contribution in [0.1, 0.15) is 18.9 Å². The molecule has 2 N–H and O–H groups in total. The lowest BCUT2D eigenvalue weighted by atomic mass is 10.1. The molecule has 6 heteroatoms. The minimum atomic E-state index is -4.22. The molecule has 1 aromatic rings. The van der Waals surface area contributed by atoms with Crippen LogP contribution >= 0.6 is 0 Å². The maximum absolute atomic E-state index is 12.1. The van der Waals surface area contributed by atoms with Gasteiger partial charge in [-0.3, -0.25) is 0 Å². The summed E-state index contributed by atoms with van der Waals surface area (Å²) < 4.78 is 46.5. The SMILES string of the molecule is COc1ccc(CC(C)N)c(OCCC(F)(F)F)c1. The summed E-state index contributed by atoms with van der Waals surface area (Å²) in [6.07, 6.45) is -4.67. The maximum Gasteiger partial charge on any atom is 0.392 e. The largest absolute Gasteiger partial charge is 0.497 e. The first-order valence-corrected chi connectivity index (χ1v) is 5.94. The first-order valence-electron chi connectivity index (χ1n) is 5.94. The predicted octanol–water partition coefficient (Wildman–Crippen LogP) is 2.92. The van der Waals surface area contributed by atoms with Gasteiger partial charge in [0.1, 0.15) is 11.5 Å². The lowest BCUT2D eigenvalue weighted by molar-refractivity contribution is -0.139. The molecule has 108 valence electrons. The summed E-state index contributed by atoms with van der Waals surface area (Å²) in [5.41, 5.74) is 6.47. The second kappa shape index (κ2) is 6.65. The van der Waals surface area contributed by atoms with Crippen LogP contribution in [0.4, 0.5) is 13.2 Å². The Kier molecular flexibility index (Phi) is 5.47. The Hall–Kier alpha value is -1.43. The fourth-order valence-corrected chi connectivity index (χ4v) is 1.59. The van der Waals surface area contributed by atoms with E-state index in [4.69, 9.17) is 15.2 Å². The van der Waals surface area contributed by atoms with Crippen molar-refractivity contribution in [2.75, 3.05) is 13.7 Å². The fourth-order valence-electron chi connectivity index (χ4n) is 1.59. The molecule has 0 radical (unpaired) electrons. The number of rotatable bonds is 6. The highest BCUT2D eigenvalue weighted by atomic mass is 19.4. The molecule has 19 heavy (non-hydrogen) atoms. The van der Waals surface area contributed by atoms with Crippen molar-refractivity contribution in [3.05, 3.63) is 23.8 Å². The summed E-state index contributed by atoms with van der Waals surface area (Å²) in [5.74, 6) is 0.927. The quantitative estimate of drug-likeness (QED) is 0.869. The summed E-state index contributed by atoms with van der Waals surface area (Å²) in [4.78, 5) is 0. The predicted molar refractivity (Wildman–Crippen MR) is 66.5 cm³/mol. The standard InChI is InChI=1S/C13H18F3NO2/c1-9(17)7-10-3-4-11(18-2)8-12(10)19-6-5-13(14,15)16/h3-4,8-9H,5-7,17H2,1-2H3. The molecular weight excluding hydrogens is 259 g/mol. The number of halogens is 3. The monoisotopic (exact) mass is 277 g/mol. The smallest absolute Gasteiger partial charge is 0.392 e. The Morgan fingerprint density at radius 2 is 2.00 bits per heavy atom. The molecule has 1 atom stereocenters. The van der Waals surface area contributed by atoms with E-state index < -0.39 is 19.2 Å². The van der Waals surface area contributed by atoms with Crippen molar-refractivity contribution in [3.63, 3.8) is 0 Å². The van der Waals surface area contributed by atoms with E-state index in [1.165, 1.54) is 7.11 Å². The Balaban J connectivity index is 2.76. The number of ether oxygens (including phenoxy) is 2. The van der Waals surface area contributed by atoms with Crippen molar-refractivity contribution in [1.82, 2.24) is 0 Å². The molecule has 0 fully saturated rings. The molecule has 0 heterocycles. The summed E-state index contributed by atoms with van der Waals surface area (Å²) in [7, 11) is 1.49. The van der Waals surface area contributed by atoms with Crippen LogP contribution in [0, 0.1) is 0 Å². The van der Waals surface area contributed by atoms with Crippen molar-refractivity contribution >= 4 is 0 Å². The fraction of sp³-hybridized carbons (Fsp3) is 0.538. The van der Waals surface area contributed by atoms with Crippen LogP contribution in [0.3, 0.4) is 0 Å². The molecule has 1 aromatic carbocycles. The number of hydrogen-bond acceptors (Lipinski definition) is 3. The highest BCUT2D eigenvalue weighted by Crippen LogP contribution is 2.27. The molecule has 1 rings (SSSR count). The topological polar surface area (TPSA) is 44.5 Å². The zero-order valence-corrected chi connectivity index (χ0v) is 11.0. The summed E-state index contributed by atoms with van der Waals surface area (Å²) in [5, 5.41) is 0. The zero-order valence-electron chi connectivity index (χ0n) is 11.0. The average Bonchev–Trinajstić information content (AvgIpc) is 2.29. The minimum Gasteiger partial charge on any atom is -0.497 e. The summed E-state index contributed by atoms with van der Waals surface area (Å²) in [6.45, 7) is 1.41. The highest BCUT2D eigenvalue weighted by Gasteiger charge is 2.27. The van der Waals surface area contributed by atoms with Gasteiger partial charge in [0.05, 0.1) is 20.1 Å². The van der Waals surface area contributed by atoms with Gasteiger partial charge in [-0.2, -0.15) is 13.2 Å². The Bertz CT molecular complexity index is 405. The van der Waals surface area contributed by atoms with Crippen molar-refractivity contribution in [2.24, 2.45) is 5.73 Å². The molecule has 1 unspecified atom stereocenters. The number of methoxy groups -OCH3 is 1. The third-order valence-electron chi connectivity index (χ3n) is 2.46. The molecule has 0 saturated heterocycles. The van der Waals surface area contributed by atoms with Gasteiger partial charge in [0.2, 0.25) is 0 Å². The van der Waals surface area contributed by atoms with Crippen molar-refractivity contribution in [3.8, 4) is 11.5 Å². The van der Waals surface area contributed by atoms with Gasteiger partial charge in [-0.25, -0.2) is 0 Å². The Labute approximate surface area is 110 Å². The number of nitrogens with two attached hydrogens (primary N) is 1. The average molecular weight is 277 g/mol. The van der Waals surface area contributed by atoms with Gasteiger partial charge >= 0.3 is 6.18 Å². The van der Waals surface area contributed by atoms with E-state index in [0.717, 1.165) is 5.56 Å². The van der Waals surface area contributed by atoms with Crippen molar-refractivity contribution < 1.29 is 22.6 Å². The van der Waals surface area contributed by atoms with Crippen molar-refractivity contribution in [1.29, 1.82) is 0 Å². The van der Waals surface area contributed by atoms with E-state index in [2.05, 4.69) is 0 Å². The van der Waals surface area contributed by atoms with Gasteiger partial charge in [-0.05, 0) is 25.0 Å². The lowest BCUT2D eigenvalue weighted by Crippen LogP contribution is -2.19. The molecule has 3 nitrogen and oxygen atoms in total. The summed E-state index contributed by atoms with van der Waals surface area (Å²) >= 11 is 0. The molecular formula is C13H18F3NO2. The number of alkyl halides is 3. The summed E-state index contributed by atoms with van der Waals surface area (Å²) in [6, 6.07) is 4.96. The third kappa shape index (κ3) is 5.83. The molecule has 0 saturated carbocycles. The molecule has 0 aliphatic rings. The lowest BCUT2D eigenvalue weighted by Gasteiger charge is -2.15. The van der Waals surface area contributed by atoms with Gasteiger partial charge in [0, 0.05) is 12.1 Å². The highest BCUT2D eigenvalue weighted by molar-refractivity contribution is 5.41. The first kappa shape index (κ1) is 15.6. The first-order chi connectivity index (χ1) is 8.81. The second-order valence-corrected chi connectivity index (χ2v) is 4.37. The van der Waals surface area contributed by atoms with Crippen molar-refractivity contribution in [2.45, 2.75) is 32.0 Å². The van der Waals surface area contributed by atoms with Gasteiger partial charge in [0.25, 0.3) is 0 Å². The van der Waals surface area contributed by atoms with Gasteiger partial charge < -0.3 is 15.2 Å². The Morgan fingerprint density at radius 1 is 1.32 bits per heavy atom. The number of benzene rings is 1. The van der Waals surface area contributed by atoms with E-state index in [-0.39, 0.29) is 6.04 Å². The molecule has 0 aliphatic carbocycles. The van der Waals surface area contributed by atoms with Gasteiger partial charge in [-0.15, -0.1) is 0 Å². The normalized spacial score (nSPS) is 13.2. The number of hydrogen-bond donors (Lipinski definition) is 1. The maximum atomic E-state index is 12.1. The van der Waals surface area contributed by atoms with Crippen LogP contribution in [-0.2, 0) is 6.42 Å². The van der Waals surface area contributed by atoms with E-state index in [1.54, 1.807) is 18.2 Å². The van der Waals surface area contributed by atoms with Crippen LogP contribution in [0.5, 0.6) is 11.5 Å². The van der Waals surface area contributed by atoms with E-state index >= 15 is 0 Å². The molecule has 0 aromatic heterocycles. The third-order valence-corrected chi connectivity index (χ3v) is 2.46. The van der Waals surface area contributed by atoms with Gasteiger partial charge in [0.15, 0.2) is 0 Å². The van der Waals surface area contributed by atoms with Crippen LogP contribution in [0.15, 0.2) is 18.2 Å². The van der Waals surface area contributed by atoms with E-state index in [0.29, 0.717) is 17.9 Å². The molecule has 0 amide bonds. The van der Waals surface area contributed by atoms with Crippen LogP contribution in [0.25, 0.3) is 0 Å². The van der Waals surface area contributed by atoms with Gasteiger partial charge in [-0.1, -0.05) is 6.07 Å². The van der Waals surface area contributed by atoms with Crippen LogP contribution in [-0.4, -0.2) is 25.9 Å². The zero-order chi connectivity index (χ0) is 14.5. The Morgan fingerprint density at radius 3 is 2.53 bits per heavy atom. The molecule has 0 aliphatic heterocycles. The molecule has 0 spiro atoms. The minimum absolute atomic E-state index is 0.0987. The van der Waals surface area contributed by atoms with Crippen LogP contribution in [0.2, 0.25) is 0 Å². The molecule has 0 bridgehead atoms.